The number of hydrogen-bond acceptors (Lipinski definition) is 13. The van der Waals surface area contributed by atoms with Crippen molar-refractivity contribution in [2.75, 3.05) is 26.4 Å². The number of aliphatic hydroxyl groups excluding tert-OH is 2. The van der Waals surface area contributed by atoms with E-state index in [2.05, 4.69) is 19.2 Å². The molecule has 334 valence electrons. The number of benzene rings is 1. The molecular weight excluding hydrogens is 775 g/mol. The minimum Gasteiger partial charge on any atom is -0.499 e. The zero-order valence-corrected chi connectivity index (χ0v) is 36.1. The molecule has 0 radical (unpaired) electrons. The number of ether oxygens (including phenoxy) is 5. The molecule has 2 amide bonds. The Kier molecular flexibility index (Phi) is 15.4. The third-order valence-electron chi connectivity index (χ3n) is 12.3. The molecule has 4 aliphatic heterocycles. The highest BCUT2D eigenvalue weighted by Gasteiger charge is 2.77. The Labute approximate surface area is 354 Å². The minimum atomic E-state index is -1.46. The van der Waals surface area contributed by atoms with E-state index in [-0.39, 0.29) is 51.5 Å². The van der Waals surface area contributed by atoms with Crippen molar-refractivity contribution in [3.63, 3.8) is 0 Å². The van der Waals surface area contributed by atoms with Gasteiger partial charge in [-0.1, -0.05) is 63.8 Å². The van der Waals surface area contributed by atoms with E-state index in [1.54, 1.807) is 36.8 Å². The number of unbranched alkanes of at least 4 members (excludes halogenated alkanes) is 4. The first kappa shape index (κ1) is 45.9. The molecule has 2 bridgehead atoms. The zero-order chi connectivity index (χ0) is 43.1. The van der Waals surface area contributed by atoms with Gasteiger partial charge in [-0.05, 0) is 70.1 Å². The highest BCUT2D eigenvalue weighted by Crippen LogP contribution is 2.59. The SMILES string of the molecule is CCCCCC1(CCCCC)O[C@@H]2[C@H]3ON(Cc4cccc(C=COCCO)c4)[C@H]4C(=O)OC(CC34C(=O)N3CCC[C@@H]3C(=O)N[C@H](CO)CCC(=O)OC(C)(C)C)[C@@H]2O1. The van der Waals surface area contributed by atoms with Crippen molar-refractivity contribution >= 4 is 29.8 Å². The zero-order valence-electron chi connectivity index (χ0n) is 36.1. The Morgan fingerprint density at radius 2 is 1.78 bits per heavy atom. The molecule has 2 unspecified atom stereocenters. The van der Waals surface area contributed by atoms with E-state index in [0.717, 1.165) is 49.7 Å². The van der Waals surface area contributed by atoms with Crippen LogP contribution in [-0.4, -0.2) is 124 Å². The maximum atomic E-state index is 15.5. The van der Waals surface area contributed by atoms with Gasteiger partial charge in [0.1, 0.15) is 48.1 Å². The van der Waals surface area contributed by atoms with E-state index >= 15 is 4.79 Å². The maximum Gasteiger partial charge on any atom is 0.327 e. The van der Waals surface area contributed by atoms with Crippen molar-refractivity contribution in [1.29, 1.82) is 0 Å². The molecule has 1 saturated carbocycles. The van der Waals surface area contributed by atoms with Crippen molar-refractivity contribution in [3.8, 4) is 0 Å². The monoisotopic (exact) mass is 841 g/mol. The highest BCUT2D eigenvalue weighted by molar-refractivity contribution is 5.96. The van der Waals surface area contributed by atoms with E-state index in [0.29, 0.717) is 25.7 Å². The summed E-state index contributed by atoms with van der Waals surface area (Å²) in [5, 5.41) is 23.7. The summed E-state index contributed by atoms with van der Waals surface area (Å²) in [6.07, 6.45) is 8.65. The van der Waals surface area contributed by atoms with Crippen molar-refractivity contribution in [3.05, 3.63) is 41.7 Å². The van der Waals surface area contributed by atoms with Gasteiger partial charge in [0.25, 0.3) is 0 Å². The molecule has 5 fully saturated rings. The second-order valence-electron chi connectivity index (χ2n) is 18.0. The van der Waals surface area contributed by atoms with Gasteiger partial charge in [0.05, 0.1) is 32.1 Å². The fraction of sp³-hybridized carbons (Fsp3) is 0.733. The summed E-state index contributed by atoms with van der Waals surface area (Å²) in [7, 11) is 0. The van der Waals surface area contributed by atoms with Crippen LogP contribution in [0.2, 0.25) is 0 Å². The highest BCUT2D eigenvalue weighted by atomic mass is 16.8. The van der Waals surface area contributed by atoms with Gasteiger partial charge in [0.2, 0.25) is 11.8 Å². The van der Waals surface area contributed by atoms with Crippen LogP contribution in [0.15, 0.2) is 30.5 Å². The van der Waals surface area contributed by atoms with Crippen LogP contribution in [0.5, 0.6) is 0 Å². The van der Waals surface area contributed by atoms with Gasteiger partial charge in [-0.25, -0.2) is 0 Å². The Morgan fingerprint density at radius 3 is 2.47 bits per heavy atom. The van der Waals surface area contributed by atoms with Crippen molar-refractivity contribution in [1.82, 2.24) is 15.3 Å². The topological polar surface area (TPSA) is 183 Å². The van der Waals surface area contributed by atoms with Gasteiger partial charge in [-0.3, -0.25) is 24.0 Å². The molecule has 5 aliphatic rings. The lowest BCUT2D eigenvalue weighted by molar-refractivity contribution is -0.225. The number of amides is 2. The number of hydroxylamine groups is 2. The fourth-order valence-electron chi connectivity index (χ4n) is 9.64. The lowest BCUT2D eigenvalue weighted by Crippen LogP contribution is -2.70. The standard InChI is InChI=1S/C45H67N3O12/c1-6-8-10-20-44(21-11-9-7-2)58-36-34-27-45(42(54)47-22-13-16-33(47)40(52)46-32(29-50)17-18-35(51)57-43(3,4)5)38(41(53)56-34)48(60-39(45)37(36)59-44)28-31-15-12-14-30(26-31)19-24-55-25-23-49/h12,14-15,19,24,26,32-34,36-39,49-50H,6-11,13,16-18,20-23,25,27-29H2,1-5H3,(H,46,52)/t32-,33+,34?,36-,37-,38-,39+,45?/m0/s1. The van der Waals surface area contributed by atoms with Crippen LogP contribution in [0.1, 0.15) is 129 Å². The number of esters is 2. The van der Waals surface area contributed by atoms with Crippen LogP contribution >= 0.6 is 0 Å². The number of nitrogens with zero attached hydrogens (tertiary/aromatic N) is 2. The summed E-state index contributed by atoms with van der Waals surface area (Å²) in [6, 6.07) is 4.89. The fourth-order valence-corrected chi connectivity index (χ4v) is 9.64. The van der Waals surface area contributed by atoms with Crippen LogP contribution in [0.25, 0.3) is 6.08 Å². The molecular formula is C45H67N3O12. The average molecular weight is 842 g/mol. The Hall–Kier alpha value is -3.60. The maximum absolute atomic E-state index is 15.5. The second kappa shape index (κ2) is 20.1. The van der Waals surface area contributed by atoms with Gasteiger partial charge >= 0.3 is 11.9 Å². The largest absolute Gasteiger partial charge is 0.499 e. The molecule has 1 aromatic rings. The molecule has 4 saturated heterocycles. The summed E-state index contributed by atoms with van der Waals surface area (Å²) in [5.74, 6) is -2.76. The first-order valence-corrected chi connectivity index (χ1v) is 22.2. The molecule has 1 aromatic carbocycles. The van der Waals surface area contributed by atoms with Crippen LogP contribution in [0, 0.1) is 5.41 Å². The average Bonchev–Trinajstić information content (AvgIpc) is 3.94. The summed E-state index contributed by atoms with van der Waals surface area (Å²) >= 11 is 0. The third-order valence-corrected chi connectivity index (χ3v) is 12.3. The van der Waals surface area contributed by atoms with E-state index in [1.807, 2.05) is 24.3 Å². The molecule has 8 atom stereocenters. The number of nitrogens with one attached hydrogen (secondary N) is 1. The molecule has 0 aromatic heterocycles. The van der Waals surface area contributed by atoms with Gasteiger partial charge < -0.3 is 44.1 Å². The first-order chi connectivity index (χ1) is 28.8. The molecule has 4 heterocycles. The number of rotatable bonds is 21. The number of likely N-dealkylation sites (tertiary alicyclic amines) is 1. The van der Waals surface area contributed by atoms with Gasteiger partial charge in [0, 0.05) is 32.2 Å². The number of aliphatic hydroxyl groups is 2. The normalized spacial score (nSPS) is 28.7. The summed E-state index contributed by atoms with van der Waals surface area (Å²) in [6.45, 7) is 9.72. The Balaban J connectivity index is 1.30. The molecule has 6 rings (SSSR count). The van der Waals surface area contributed by atoms with Crippen LogP contribution < -0.4 is 5.32 Å². The second-order valence-corrected chi connectivity index (χ2v) is 18.0. The van der Waals surface area contributed by atoms with E-state index in [9.17, 15) is 19.5 Å². The summed E-state index contributed by atoms with van der Waals surface area (Å²) < 4.78 is 31.0. The Bertz CT molecular complexity index is 1670. The van der Waals surface area contributed by atoms with Gasteiger partial charge in [-0.2, -0.15) is 5.06 Å². The molecule has 3 N–H and O–H groups in total. The molecule has 1 aliphatic carbocycles. The van der Waals surface area contributed by atoms with E-state index in [1.165, 1.54) is 6.26 Å². The van der Waals surface area contributed by atoms with Crippen molar-refractivity contribution in [2.45, 2.75) is 179 Å². The molecule has 60 heavy (non-hydrogen) atoms. The van der Waals surface area contributed by atoms with Crippen LogP contribution in [-0.2, 0) is 54.2 Å². The molecule has 0 spiro atoms. The van der Waals surface area contributed by atoms with Crippen molar-refractivity contribution < 1.29 is 57.9 Å². The number of carbonyl (C=O) groups excluding carboxylic acids is 4. The van der Waals surface area contributed by atoms with Gasteiger partial charge in [0.15, 0.2) is 11.8 Å². The smallest absolute Gasteiger partial charge is 0.327 e. The summed E-state index contributed by atoms with van der Waals surface area (Å²) in [5.41, 5.74) is -0.489. The number of hydrogen-bond donors (Lipinski definition) is 3. The minimum absolute atomic E-state index is 0.00107. The van der Waals surface area contributed by atoms with E-state index < -0.39 is 83.8 Å². The van der Waals surface area contributed by atoms with Gasteiger partial charge in [-0.15, -0.1) is 0 Å². The summed E-state index contributed by atoms with van der Waals surface area (Å²) in [4.78, 5) is 64.9. The third kappa shape index (κ3) is 10.2. The van der Waals surface area contributed by atoms with Crippen LogP contribution in [0.4, 0.5) is 0 Å². The van der Waals surface area contributed by atoms with Crippen LogP contribution in [0.3, 0.4) is 0 Å². The van der Waals surface area contributed by atoms with E-state index in [4.69, 9.17) is 33.6 Å². The lowest BCUT2D eigenvalue weighted by atomic mass is 9.62. The lowest BCUT2D eigenvalue weighted by Gasteiger charge is -2.50. The Morgan fingerprint density at radius 1 is 1.05 bits per heavy atom. The quantitative estimate of drug-likeness (QED) is 0.0882. The molecule has 15 heteroatoms. The predicted molar refractivity (Wildman–Crippen MR) is 219 cm³/mol. The first-order valence-electron chi connectivity index (χ1n) is 22.2. The molecule has 15 nitrogen and oxygen atoms in total. The number of fused-ring (bicyclic) bond motifs is 4. The number of carbonyl (C=O) groups is 4. The predicted octanol–water partition coefficient (Wildman–Crippen LogP) is 4.70. The van der Waals surface area contributed by atoms with Crippen molar-refractivity contribution in [2.24, 2.45) is 5.41 Å².